The van der Waals surface area contributed by atoms with Crippen LogP contribution in [0.15, 0.2) is 11.1 Å². The van der Waals surface area contributed by atoms with Crippen LogP contribution in [0.1, 0.15) is 45.1 Å². The van der Waals surface area contributed by atoms with Crippen molar-refractivity contribution in [2.24, 2.45) is 0 Å². The Morgan fingerprint density at radius 2 is 2.20 bits per heavy atom. The van der Waals surface area contributed by atoms with Crippen LogP contribution in [0.4, 0.5) is 5.82 Å². The van der Waals surface area contributed by atoms with E-state index in [-0.39, 0.29) is 0 Å². The van der Waals surface area contributed by atoms with Gasteiger partial charge >= 0.3 is 0 Å². The van der Waals surface area contributed by atoms with E-state index in [4.69, 9.17) is 5.73 Å². The van der Waals surface area contributed by atoms with Crippen LogP contribution in [0.3, 0.4) is 0 Å². The molecule has 1 aromatic rings. The number of hydrogen-bond donors (Lipinski definition) is 1. The third-order valence-electron chi connectivity index (χ3n) is 3.02. The Hall–Kier alpha value is -0.640. The molecular weight excluding hydrogens is 206 g/mol. The van der Waals surface area contributed by atoms with Gasteiger partial charge in [0.15, 0.2) is 0 Å². The molecule has 15 heavy (non-hydrogen) atoms. The smallest absolute Gasteiger partial charge is 0.135 e. The van der Waals surface area contributed by atoms with E-state index < -0.39 is 0 Å². The summed E-state index contributed by atoms with van der Waals surface area (Å²) in [5.41, 5.74) is 6.10. The molecule has 0 aliphatic heterocycles. The lowest BCUT2D eigenvalue weighted by molar-refractivity contribution is 0.333. The van der Waals surface area contributed by atoms with Gasteiger partial charge < -0.3 is 5.73 Å². The van der Waals surface area contributed by atoms with E-state index in [0.29, 0.717) is 6.04 Å². The lowest BCUT2D eigenvalue weighted by Crippen LogP contribution is -2.16. The monoisotopic (exact) mass is 225 g/mol. The molecule has 0 spiro atoms. The van der Waals surface area contributed by atoms with Gasteiger partial charge in [-0.3, -0.25) is 0 Å². The Morgan fingerprint density at radius 1 is 1.47 bits per heavy atom. The summed E-state index contributed by atoms with van der Waals surface area (Å²) in [5, 5.41) is 4.43. The van der Waals surface area contributed by atoms with Crippen LogP contribution in [0, 0.1) is 0 Å². The van der Waals surface area contributed by atoms with Crippen LogP contribution >= 0.6 is 11.8 Å². The molecule has 1 aliphatic carbocycles. The van der Waals surface area contributed by atoms with Crippen molar-refractivity contribution >= 4 is 17.6 Å². The Balaban J connectivity index is 2.13. The molecule has 4 heteroatoms. The number of anilines is 1. The second-order valence-corrected chi connectivity index (χ2v) is 5.37. The molecule has 0 bridgehead atoms. The quantitative estimate of drug-likeness (QED) is 0.804. The number of nitrogens with zero attached hydrogens (tertiary/aromatic N) is 2. The highest BCUT2D eigenvalue weighted by molar-refractivity contribution is 7.99. The minimum absolute atomic E-state index is 0.546. The van der Waals surface area contributed by atoms with Gasteiger partial charge in [-0.1, -0.05) is 26.2 Å². The maximum absolute atomic E-state index is 6.10. The molecule has 2 rings (SSSR count). The van der Waals surface area contributed by atoms with Crippen molar-refractivity contribution in [3.05, 3.63) is 6.20 Å². The first kappa shape index (κ1) is 10.9. The fraction of sp³-hybridized carbons (Fsp3) is 0.727. The molecule has 84 valence electrons. The highest BCUT2D eigenvalue weighted by atomic mass is 32.2. The largest absolute Gasteiger partial charge is 0.383 e. The van der Waals surface area contributed by atoms with Crippen molar-refractivity contribution in [1.29, 1.82) is 0 Å². The fourth-order valence-electron chi connectivity index (χ4n) is 2.24. The van der Waals surface area contributed by atoms with Gasteiger partial charge in [0.25, 0.3) is 0 Å². The molecule has 0 saturated heterocycles. The maximum Gasteiger partial charge on any atom is 0.135 e. The summed E-state index contributed by atoms with van der Waals surface area (Å²) in [7, 11) is 0. The first-order chi connectivity index (χ1) is 7.33. The zero-order valence-electron chi connectivity index (χ0n) is 9.28. The number of thioether (sulfide) groups is 1. The number of nitrogens with two attached hydrogens (primary N) is 1. The van der Waals surface area contributed by atoms with Crippen molar-refractivity contribution in [2.45, 2.75) is 50.0 Å². The van der Waals surface area contributed by atoms with Gasteiger partial charge in [0, 0.05) is 0 Å². The number of hydrogen-bond acceptors (Lipinski definition) is 3. The second kappa shape index (κ2) is 4.92. The van der Waals surface area contributed by atoms with Crippen LogP contribution in [-0.2, 0) is 0 Å². The van der Waals surface area contributed by atoms with E-state index in [9.17, 15) is 0 Å². The van der Waals surface area contributed by atoms with Gasteiger partial charge in [0.2, 0.25) is 0 Å². The lowest BCUT2D eigenvalue weighted by Gasteiger charge is -2.22. The molecule has 2 N–H and O–H groups in total. The van der Waals surface area contributed by atoms with E-state index in [0.717, 1.165) is 16.5 Å². The van der Waals surface area contributed by atoms with Crippen LogP contribution in [0.25, 0.3) is 0 Å². The zero-order chi connectivity index (χ0) is 10.7. The molecule has 0 amide bonds. The lowest BCUT2D eigenvalue weighted by atomic mass is 9.96. The van der Waals surface area contributed by atoms with E-state index in [1.54, 1.807) is 11.8 Å². The first-order valence-corrected chi connectivity index (χ1v) is 6.77. The highest BCUT2D eigenvalue weighted by Crippen LogP contribution is 2.33. The number of aromatic nitrogens is 2. The minimum atomic E-state index is 0.546. The second-order valence-electron chi connectivity index (χ2n) is 4.06. The topological polar surface area (TPSA) is 43.8 Å². The maximum atomic E-state index is 6.10. The van der Waals surface area contributed by atoms with Crippen molar-refractivity contribution < 1.29 is 0 Å². The average molecular weight is 225 g/mol. The summed E-state index contributed by atoms with van der Waals surface area (Å²) in [6.07, 6.45) is 8.40. The van der Waals surface area contributed by atoms with Gasteiger partial charge in [-0.25, -0.2) is 4.68 Å². The number of nitrogen functional groups attached to an aromatic ring is 1. The van der Waals surface area contributed by atoms with Gasteiger partial charge in [-0.05, 0) is 18.6 Å². The van der Waals surface area contributed by atoms with Crippen LogP contribution < -0.4 is 5.73 Å². The Kier molecular flexibility index (Phi) is 3.57. The third-order valence-corrected chi connectivity index (χ3v) is 3.93. The summed E-state index contributed by atoms with van der Waals surface area (Å²) in [4.78, 5) is 1.14. The molecule has 1 fully saturated rings. The molecule has 0 aromatic carbocycles. The molecule has 1 saturated carbocycles. The minimum Gasteiger partial charge on any atom is -0.383 e. The third kappa shape index (κ3) is 2.30. The van der Waals surface area contributed by atoms with E-state index in [1.807, 2.05) is 10.9 Å². The van der Waals surface area contributed by atoms with E-state index in [1.165, 1.54) is 32.1 Å². The molecule has 0 atom stereocenters. The SMILES string of the molecule is CCSc1cnn(C2CCCCC2)c1N. The van der Waals surface area contributed by atoms with Gasteiger partial charge in [0.05, 0.1) is 17.1 Å². The first-order valence-electron chi connectivity index (χ1n) is 5.78. The molecule has 0 unspecified atom stereocenters. The van der Waals surface area contributed by atoms with Crippen molar-refractivity contribution in [1.82, 2.24) is 9.78 Å². The van der Waals surface area contributed by atoms with Crippen molar-refractivity contribution in [3.63, 3.8) is 0 Å². The Bertz CT molecular complexity index is 316. The van der Waals surface area contributed by atoms with Crippen LogP contribution in [-0.4, -0.2) is 15.5 Å². The van der Waals surface area contributed by atoms with Crippen LogP contribution in [0.5, 0.6) is 0 Å². The Labute approximate surface area is 95.4 Å². The summed E-state index contributed by atoms with van der Waals surface area (Å²) in [6.45, 7) is 2.14. The Morgan fingerprint density at radius 3 is 2.87 bits per heavy atom. The summed E-state index contributed by atoms with van der Waals surface area (Å²) < 4.78 is 2.04. The highest BCUT2D eigenvalue weighted by Gasteiger charge is 2.19. The molecule has 1 aliphatic rings. The molecular formula is C11H19N3S. The summed E-state index contributed by atoms with van der Waals surface area (Å²) in [6, 6.07) is 0.546. The summed E-state index contributed by atoms with van der Waals surface area (Å²) >= 11 is 1.78. The molecule has 1 heterocycles. The zero-order valence-corrected chi connectivity index (χ0v) is 10.1. The van der Waals surface area contributed by atoms with E-state index >= 15 is 0 Å². The molecule has 0 radical (unpaired) electrons. The fourth-order valence-corrected chi connectivity index (χ4v) is 2.91. The predicted molar refractivity (Wildman–Crippen MR) is 65.2 cm³/mol. The summed E-state index contributed by atoms with van der Waals surface area (Å²) in [5.74, 6) is 1.93. The van der Waals surface area contributed by atoms with Gasteiger partial charge in [-0.15, -0.1) is 11.8 Å². The van der Waals surface area contributed by atoms with Crippen molar-refractivity contribution in [2.75, 3.05) is 11.5 Å². The van der Waals surface area contributed by atoms with Gasteiger partial charge in [-0.2, -0.15) is 5.10 Å². The number of rotatable bonds is 3. The predicted octanol–water partition coefficient (Wildman–Crippen LogP) is 3.08. The van der Waals surface area contributed by atoms with E-state index in [2.05, 4.69) is 12.0 Å². The average Bonchev–Trinajstić information content (AvgIpc) is 2.63. The normalized spacial score (nSPS) is 18.2. The van der Waals surface area contributed by atoms with Crippen molar-refractivity contribution in [3.8, 4) is 0 Å². The van der Waals surface area contributed by atoms with Crippen LogP contribution in [0.2, 0.25) is 0 Å². The molecule has 3 nitrogen and oxygen atoms in total. The molecule has 1 aromatic heterocycles. The van der Waals surface area contributed by atoms with Gasteiger partial charge in [0.1, 0.15) is 5.82 Å². The standard InChI is InChI=1S/C11H19N3S/c1-2-15-10-8-13-14(11(10)12)9-6-4-3-5-7-9/h8-9H,2-7,12H2,1H3.